The van der Waals surface area contributed by atoms with Crippen LogP contribution in [0.3, 0.4) is 0 Å². The quantitative estimate of drug-likeness (QED) is 0.278. The van der Waals surface area contributed by atoms with E-state index in [0.717, 1.165) is 59.1 Å². The summed E-state index contributed by atoms with van der Waals surface area (Å²) in [5, 5.41) is 0.582. The zero-order valence-corrected chi connectivity index (χ0v) is 23.6. The highest BCUT2D eigenvalue weighted by Gasteiger charge is 2.30. The number of fused-ring (bicyclic) bond motifs is 1. The molecule has 0 aliphatic heterocycles. The molecule has 1 aliphatic rings. The van der Waals surface area contributed by atoms with Gasteiger partial charge in [0.25, 0.3) is 5.91 Å². The Labute approximate surface area is 228 Å². The van der Waals surface area contributed by atoms with Crippen molar-refractivity contribution in [3.8, 4) is 0 Å². The Hall–Kier alpha value is -3.14. The van der Waals surface area contributed by atoms with Gasteiger partial charge in [0.1, 0.15) is 0 Å². The van der Waals surface area contributed by atoms with Gasteiger partial charge in [-0.2, -0.15) is 4.31 Å². The lowest BCUT2D eigenvalue weighted by Gasteiger charge is -2.30. The van der Waals surface area contributed by atoms with E-state index in [0.29, 0.717) is 10.7 Å². The van der Waals surface area contributed by atoms with Crippen LogP contribution < -0.4 is 4.90 Å². The summed E-state index contributed by atoms with van der Waals surface area (Å²) in [6, 6.07) is 16.0. The van der Waals surface area contributed by atoms with Crippen molar-refractivity contribution in [2.24, 2.45) is 0 Å². The molecule has 1 amide bonds. The third-order valence-corrected chi connectivity index (χ3v) is 10.2. The number of thiazole rings is 1. The van der Waals surface area contributed by atoms with Gasteiger partial charge in [-0.25, -0.2) is 13.4 Å². The number of rotatable bonds is 7. The highest BCUT2D eigenvalue weighted by molar-refractivity contribution is 7.89. The summed E-state index contributed by atoms with van der Waals surface area (Å²) in [4.78, 5) is 24.9. The zero-order chi connectivity index (χ0) is 26.9. The fraction of sp³-hybridized carbons (Fsp3) is 0.345. The lowest BCUT2D eigenvalue weighted by atomic mass is 9.96. The molecule has 0 saturated heterocycles. The van der Waals surface area contributed by atoms with Crippen LogP contribution in [-0.4, -0.2) is 41.7 Å². The molecule has 1 saturated carbocycles. The van der Waals surface area contributed by atoms with Crippen molar-refractivity contribution >= 4 is 42.6 Å². The van der Waals surface area contributed by atoms with E-state index in [9.17, 15) is 13.2 Å². The summed E-state index contributed by atoms with van der Waals surface area (Å²) in [5.41, 5.74) is 4.21. The Morgan fingerprint density at radius 1 is 1.03 bits per heavy atom. The van der Waals surface area contributed by atoms with Gasteiger partial charge in [-0.3, -0.25) is 14.7 Å². The van der Waals surface area contributed by atoms with Crippen LogP contribution in [0.4, 0.5) is 5.13 Å². The van der Waals surface area contributed by atoms with Gasteiger partial charge < -0.3 is 0 Å². The Morgan fingerprint density at radius 2 is 1.76 bits per heavy atom. The van der Waals surface area contributed by atoms with E-state index in [2.05, 4.69) is 17.1 Å². The van der Waals surface area contributed by atoms with E-state index >= 15 is 0 Å². The van der Waals surface area contributed by atoms with Crippen LogP contribution in [0.2, 0.25) is 0 Å². The number of sulfonamides is 1. The normalized spacial score (nSPS) is 14.7. The van der Waals surface area contributed by atoms with Crippen molar-refractivity contribution in [2.75, 3.05) is 11.9 Å². The molecule has 0 atom stereocenters. The number of hydrogen-bond donors (Lipinski definition) is 0. The second-order valence-electron chi connectivity index (χ2n) is 9.97. The molecule has 0 N–H and O–H groups in total. The molecular weight excluding hydrogens is 516 g/mol. The summed E-state index contributed by atoms with van der Waals surface area (Å²) in [5.74, 6) is -0.256. The molecule has 7 nitrogen and oxygen atoms in total. The molecule has 198 valence electrons. The molecule has 2 aromatic carbocycles. The van der Waals surface area contributed by atoms with Gasteiger partial charge in [0, 0.05) is 24.8 Å². The first-order valence-corrected chi connectivity index (χ1v) is 15.2. The number of aryl methyl sites for hydroxylation is 2. The predicted molar refractivity (Wildman–Crippen MR) is 152 cm³/mol. The van der Waals surface area contributed by atoms with Crippen LogP contribution in [0.1, 0.15) is 59.3 Å². The van der Waals surface area contributed by atoms with Crippen LogP contribution in [0.25, 0.3) is 10.2 Å². The zero-order valence-electron chi connectivity index (χ0n) is 21.9. The van der Waals surface area contributed by atoms with E-state index in [1.807, 2.05) is 32.0 Å². The maximum absolute atomic E-state index is 13.8. The fourth-order valence-electron chi connectivity index (χ4n) is 5.09. The number of aromatic nitrogens is 2. The summed E-state index contributed by atoms with van der Waals surface area (Å²) in [6.07, 6.45) is 6.73. The van der Waals surface area contributed by atoms with Gasteiger partial charge in [-0.15, -0.1) is 0 Å². The summed E-state index contributed by atoms with van der Waals surface area (Å²) in [7, 11) is -1.98. The van der Waals surface area contributed by atoms with Gasteiger partial charge in [-0.1, -0.05) is 42.7 Å². The van der Waals surface area contributed by atoms with Crippen LogP contribution >= 0.6 is 11.3 Å². The first-order chi connectivity index (χ1) is 18.2. The summed E-state index contributed by atoms with van der Waals surface area (Å²) in [6.45, 7) is 4.32. The van der Waals surface area contributed by atoms with Crippen LogP contribution in [-0.2, 0) is 16.6 Å². The van der Waals surface area contributed by atoms with Crippen LogP contribution in [0.15, 0.2) is 65.7 Å². The minimum atomic E-state index is -3.64. The SMILES string of the molecule is Cc1cc(C)c2nc(N(Cc3ccccn3)C(=O)c3ccc(S(=O)(=O)N(C)C4CCCCC4)cc3)sc2c1. The molecule has 9 heteroatoms. The lowest BCUT2D eigenvalue weighted by Crippen LogP contribution is -2.38. The molecule has 0 spiro atoms. The van der Waals surface area contributed by atoms with Crippen LogP contribution in [0, 0.1) is 13.8 Å². The van der Waals surface area contributed by atoms with E-state index in [-0.39, 0.29) is 23.4 Å². The molecule has 4 aromatic rings. The topological polar surface area (TPSA) is 83.5 Å². The summed E-state index contributed by atoms with van der Waals surface area (Å²) < 4.78 is 29.1. The van der Waals surface area contributed by atoms with Crippen molar-refractivity contribution in [1.82, 2.24) is 14.3 Å². The van der Waals surface area contributed by atoms with Gasteiger partial charge in [-0.05, 0) is 80.3 Å². The number of anilines is 1. The Bertz CT molecular complexity index is 1540. The molecule has 5 rings (SSSR count). The van der Waals surface area contributed by atoms with E-state index < -0.39 is 10.0 Å². The molecule has 0 unspecified atom stereocenters. The van der Waals surface area contributed by atoms with E-state index in [1.54, 1.807) is 30.3 Å². The molecule has 1 fully saturated rings. The maximum atomic E-state index is 13.8. The number of amides is 1. The molecule has 38 heavy (non-hydrogen) atoms. The summed E-state index contributed by atoms with van der Waals surface area (Å²) >= 11 is 1.47. The van der Waals surface area contributed by atoms with Gasteiger partial charge >= 0.3 is 0 Å². The largest absolute Gasteiger partial charge is 0.278 e. The Morgan fingerprint density at radius 3 is 2.45 bits per heavy atom. The van der Waals surface area contributed by atoms with Crippen molar-refractivity contribution in [3.63, 3.8) is 0 Å². The van der Waals surface area contributed by atoms with Crippen LogP contribution in [0.5, 0.6) is 0 Å². The number of carbonyl (C=O) groups excluding carboxylic acids is 1. The fourth-order valence-corrected chi connectivity index (χ4v) is 7.64. The number of hydrogen-bond acceptors (Lipinski definition) is 6. The standard InChI is InChI=1S/C29H32N4O3S2/c1-20-17-21(2)27-26(18-20)37-29(31-27)33(19-23-9-7-8-16-30-23)28(34)22-12-14-25(15-13-22)38(35,36)32(3)24-10-5-4-6-11-24/h7-9,12-18,24H,4-6,10-11,19H2,1-3H3. The first-order valence-electron chi connectivity index (χ1n) is 12.9. The second-order valence-corrected chi connectivity index (χ2v) is 13.0. The number of nitrogens with zero attached hydrogens (tertiary/aromatic N) is 4. The van der Waals surface area contributed by atoms with E-state index in [4.69, 9.17) is 4.98 Å². The minimum absolute atomic E-state index is 0.0232. The first kappa shape index (κ1) is 26.5. The Balaban J connectivity index is 1.46. The molecule has 1 aliphatic carbocycles. The number of pyridine rings is 1. The third-order valence-electron chi connectivity index (χ3n) is 7.21. The highest BCUT2D eigenvalue weighted by atomic mass is 32.2. The smallest absolute Gasteiger partial charge is 0.260 e. The molecule has 0 radical (unpaired) electrons. The van der Waals surface area contributed by atoms with Crippen molar-refractivity contribution in [1.29, 1.82) is 0 Å². The monoisotopic (exact) mass is 548 g/mol. The minimum Gasteiger partial charge on any atom is -0.278 e. The van der Waals surface area contributed by atoms with Gasteiger partial charge in [0.2, 0.25) is 10.0 Å². The molecule has 0 bridgehead atoms. The Kier molecular flexibility index (Phi) is 7.61. The highest BCUT2D eigenvalue weighted by Crippen LogP contribution is 2.33. The predicted octanol–water partition coefficient (Wildman–Crippen LogP) is 6.11. The third kappa shape index (κ3) is 5.36. The molecular formula is C29H32N4O3S2. The molecule has 2 heterocycles. The second kappa shape index (κ2) is 10.9. The van der Waals surface area contributed by atoms with Gasteiger partial charge in [0.05, 0.1) is 27.4 Å². The van der Waals surface area contributed by atoms with Crippen molar-refractivity contribution < 1.29 is 13.2 Å². The number of carbonyl (C=O) groups is 1. The molecule has 2 aromatic heterocycles. The van der Waals surface area contributed by atoms with E-state index in [1.165, 1.54) is 27.8 Å². The lowest BCUT2D eigenvalue weighted by molar-refractivity contribution is 0.0984. The van der Waals surface area contributed by atoms with Crippen molar-refractivity contribution in [2.45, 2.75) is 63.4 Å². The average molecular weight is 549 g/mol. The number of benzene rings is 2. The maximum Gasteiger partial charge on any atom is 0.260 e. The average Bonchev–Trinajstić information content (AvgIpc) is 3.36. The van der Waals surface area contributed by atoms with Gasteiger partial charge in [0.15, 0.2) is 5.13 Å². The van der Waals surface area contributed by atoms with Crippen molar-refractivity contribution in [3.05, 3.63) is 83.2 Å².